The summed E-state index contributed by atoms with van der Waals surface area (Å²) in [6.07, 6.45) is 0. The molecule has 122 valence electrons. The van der Waals surface area contributed by atoms with Crippen molar-refractivity contribution in [2.24, 2.45) is 5.84 Å². The van der Waals surface area contributed by atoms with Gasteiger partial charge in [-0.1, -0.05) is 0 Å². The van der Waals surface area contributed by atoms with E-state index in [-0.39, 0.29) is 12.5 Å². The van der Waals surface area contributed by atoms with E-state index in [0.717, 1.165) is 11.3 Å². The quantitative estimate of drug-likeness (QED) is 0.465. The van der Waals surface area contributed by atoms with Crippen LogP contribution in [0.3, 0.4) is 0 Å². The van der Waals surface area contributed by atoms with Crippen molar-refractivity contribution < 1.29 is 19.0 Å². The van der Waals surface area contributed by atoms with Gasteiger partial charge in [0.15, 0.2) is 0 Å². The molecule has 0 saturated carbocycles. The van der Waals surface area contributed by atoms with Crippen molar-refractivity contribution in [3.63, 3.8) is 0 Å². The van der Waals surface area contributed by atoms with Crippen molar-refractivity contribution in [1.82, 2.24) is 5.43 Å². The second-order valence-corrected chi connectivity index (χ2v) is 4.69. The third-order valence-electron chi connectivity index (χ3n) is 3.21. The first-order valence-corrected chi connectivity index (χ1v) is 7.21. The molecule has 0 saturated heterocycles. The van der Waals surface area contributed by atoms with E-state index in [0.29, 0.717) is 23.7 Å². The summed E-state index contributed by atoms with van der Waals surface area (Å²) in [5, 5.41) is 0. The van der Waals surface area contributed by atoms with Gasteiger partial charge >= 0.3 is 0 Å². The molecule has 2 rings (SSSR count). The predicted octanol–water partition coefficient (Wildman–Crippen LogP) is 2.28. The summed E-state index contributed by atoms with van der Waals surface area (Å²) in [4.78, 5) is 11.6. The average molecular weight is 316 g/mol. The lowest BCUT2D eigenvalue weighted by atomic mass is 10.1. The van der Waals surface area contributed by atoms with Crippen molar-refractivity contribution in [2.45, 2.75) is 13.5 Å². The zero-order chi connectivity index (χ0) is 16.7. The van der Waals surface area contributed by atoms with Crippen LogP contribution in [-0.4, -0.2) is 19.6 Å². The number of nitrogens with two attached hydrogens (primary N) is 1. The number of benzene rings is 2. The lowest BCUT2D eigenvalue weighted by molar-refractivity contribution is 0.0953. The molecule has 0 aromatic heterocycles. The normalized spacial score (nSPS) is 10.0. The minimum absolute atomic E-state index is 0.271. The Kier molecular flexibility index (Phi) is 5.82. The first-order valence-electron chi connectivity index (χ1n) is 7.21. The average Bonchev–Trinajstić information content (AvgIpc) is 2.60. The van der Waals surface area contributed by atoms with Gasteiger partial charge in [-0.15, -0.1) is 0 Å². The van der Waals surface area contributed by atoms with E-state index < -0.39 is 0 Å². The van der Waals surface area contributed by atoms with Crippen LogP contribution < -0.4 is 25.5 Å². The zero-order valence-corrected chi connectivity index (χ0v) is 13.2. The van der Waals surface area contributed by atoms with Crippen molar-refractivity contribution in [1.29, 1.82) is 0 Å². The van der Waals surface area contributed by atoms with Crippen LogP contribution in [-0.2, 0) is 6.61 Å². The molecule has 1 amide bonds. The number of hydrogen-bond donors (Lipinski definition) is 2. The molecule has 0 unspecified atom stereocenters. The predicted molar refractivity (Wildman–Crippen MR) is 86.6 cm³/mol. The summed E-state index contributed by atoms with van der Waals surface area (Å²) in [5.74, 6) is 6.94. The van der Waals surface area contributed by atoms with Gasteiger partial charge in [0.05, 0.1) is 13.7 Å². The molecule has 0 atom stereocenters. The Labute approximate surface area is 135 Å². The number of ether oxygens (including phenoxy) is 3. The number of carbonyl (C=O) groups excluding carboxylic acids is 1. The highest BCUT2D eigenvalue weighted by atomic mass is 16.5. The third kappa shape index (κ3) is 4.37. The number of hydrazine groups is 1. The van der Waals surface area contributed by atoms with Gasteiger partial charge in [-0.2, -0.15) is 0 Å². The topological polar surface area (TPSA) is 82.8 Å². The summed E-state index contributed by atoms with van der Waals surface area (Å²) in [6, 6.07) is 12.4. The van der Waals surface area contributed by atoms with Gasteiger partial charge in [0.2, 0.25) is 0 Å². The molecule has 6 heteroatoms. The number of hydrogen-bond acceptors (Lipinski definition) is 5. The molecule has 2 aromatic rings. The fourth-order valence-corrected chi connectivity index (χ4v) is 2.05. The summed E-state index contributed by atoms with van der Waals surface area (Å²) >= 11 is 0. The molecule has 0 spiro atoms. The Morgan fingerprint density at radius 3 is 2.39 bits per heavy atom. The molecule has 6 nitrogen and oxygen atoms in total. The summed E-state index contributed by atoms with van der Waals surface area (Å²) in [5.41, 5.74) is 3.33. The van der Waals surface area contributed by atoms with E-state index in [1.807, 2.05) is 31.2 Å². The van der Waals surface area contributed by atoms with Crippen LogP contribution in [0.2, 0.25) is 0 Å². The molecule has 0 fully saturated rings. The van der Waals surface area contributed by atoms with Crippen LogP contribution in [0.1, 0.15) is 22.8 Å². The van der Waals surface area contributed by atoms with Crippen molar-refractivity contribution in [3.8, 4) is 17.2 Å². The second kappa shape index (κ2) is 8.05. The molecular formula is C17H20N2O4. The van der Waals surface area contributed by atoms with Crippen molar-refractivity contribution >= 4 is 5.91 Å². The maximum Gasteiger partial charge on any atom is 0.265 e. The van der Waals surface area contributed by atoms with Crippen LogP contribution in [0.4, 0.5) is 0 Å². The van der Waals surface area contributed by atoms with E-state index in [9.17, 15) is 4.79 Å². The molecule has 3 N–H and O–H groups in total. The number of carbonyl (C=O) groups is 1. The molecule has 0 aliphatic heterocycles. The largest absolute Gasteiger partial charge is 0.497 e. The molecule has 0 aliphatic rings. The van der Waals surface area contributed by atoms with Gasteiger partial charge in [0.1, 0.15) is 23.9 Å². The lowest BCUT2D eigenvalue weighted by Gasteiger charge is -2.13. The van der Waals surface area contributed by atoms with Crippen LogP contribution >= 0.6 is 0 Å². The van der Waals surface area contributed by atoms with E-state index in [4.69, 9.17) is 20.1 Å². The fourth-order valence-electron chi connectivity index (χ4n) is 2.05. The molecule has 2 aromatic carbocycles. The van der Waals surface area contributed by atoms with Crippen LogP contribution in [0.5, 0.6) is 17.2 Å². The van der Waals surface area contributed by atoms with Gasteiger partial charge in [0.25, 0.3) is 5.91 Å². The van der Waals surface area contributed by atoms with Gasteiger partial charge in [-0.3, -0.25) is 10.2 Å². The van der Waals surface area contributed by atoms with E-state index in [2.05, 4.69) is 5.43 Å². The Bertz CT molecular complexity index is 656. The van der Waals surface area contributed by atoms with E-state index >= 15 is 0 Å². The smallest absolute Gasteiger partial charge is 0.265 e. The Morgan fingerprint density at radius 2 is 1.78 bits per heavy atom. The molecule has 0 radical (unpaired) electrons. The Hall–Kier alpha value is -2.73. The molecule has 0 aliphatic carbocycles. The minimum atomic E-state index is -0.362. The summed E-state index contributed by atoms with van der Waals surface area (Å²) < 4.78 is 16.4. The van der Waals surface area contributed by atoms with Crippen molar-refractivity contribution in [2.75, 3.05) is 13.7 Å². The number of amides is 1. The van der Waals surface area contributed by atoms with Gasteiger partial charge in [-0.05, 0) is 49.4 Å². The fraction of sp³-hybridized carbons (Fsp3) is 0.235. The van der Waals surface area contributed by atoms with E-state index in [1.165, 1.54) is 0 Å². The zero-order valence-electron chi connectivity index (χ0n) is 13.2. The van der Waals surface area contributed by atoms with Crippen LogP contribution in [0, 0.1) is 0 Å². The number of nitrogens with one attached hydrogen (secondary N) is 1. The van der Waals surface area contributed by atoms with Crippen LogP contribution in [0.25, 0.3) is 0 Å². The standard InChI is InChI=1S/C17H20N2O4/c1-3-22-16-9-4-12(17(20)19-18)10-13(16)11-23-15-7-5-14(21-2)6-8-15/h4-10H,3,11,18H2,1-2H3,(H,19,20). The number of rotatable bonds is 7. The Balaban J connectivity index is 2.16. The number of nitrogen functional groups attached to an aromatic ring is 1. The number of methoxy groups -OCH3 is 1. The molecule has 23 heavy (non-hydrogen) atoms. The maximum absolute atomic E-state index is 11.6. The van der Waals surface area contributed by atoms with Crippen LogP contribution in [0.15, 0.2) is 42.5 Å². The maximum atomic E-state index is 11.6. The SMILES string of the molecule is CCOc1ccc(C(=O)NN)cc1COc1ccc(OC)cc1. The highest BCUT2D eigenvalue weighted by Crippen LogP contribution is 2.24. The van der Waals surface area contributed by atoms with Crippen molar-refractivity contribution in [3.05, 3.63) is 53.6 Å². The van der Waals surface area contributed by atoms with E-state index in [1.54, 1.807) is 25.3 Å². The first-order chi connectivity index (χ1) is 11.2. The highest BCUT2D eigenvalue weighted by Gasteiger charge is 2.10. The lowest BCUT2D eigenvalue weighted by Crippen LogP contribution is -2.30. The second-order valence-electron chi connectivity index (χ2n) is 4.69. The molecule has 0 bridgehead atoms. The molecule has 0 heterocycles. The summed E-state index contributed by atoms with van der Waals surface area (Å²) in [6.45, 7) is 2.69. The highest BCUT2D eigenvalue weighted by molar-refractivity contribution is 5.94. The first kappa shape index (κ1) is 16.6. The summed E-state index contributed by atoms with van der Waals surface area (Å²) in [7, 11) is 1.61. The van der Waals surface area contributed by atoms with Gasteiger partial charge in [0, 0.05) is 11.1 Å². The Morgan fingerprint density at radius 1 is 1.09 bits per heavy atom. The molecular weight excluding hydrogens is 296 g/mol. The monoisotopic (exact) mass is 316 g/mol. The third-order valence-corrected chi connectivity index (χ3v) is 3.21. The van der Waals surface area contributed by atoms with Gasteiger partial charge < -0.3 is 14.2 Å². The van der Waals surface area contributed by atoms with Gasteiger partial charge in [-0.25, -0.2) is 5.84 Å². The minimum Gasteiger partial charge on any atom is -0.497 e.